The van der Waals surface area contributed by atoms with E-state index >= 15 is 0 Å². The van der Waals surface area contributed by atoms with Gasteiger partial charge in [0.05, 0.1) is 5.69 Å². The lowest BCUT2D eigenvalue weighted by Gasteiger charge is -2.05. The Labute approximate surface area is 120 Å². The van der Waals surface area contributed by atoms with Crippen LogP contribution < -0.4 is 5.56 Å². The van der Waals surface area contributed by atoms with Crippen LogP contribution in [-0.2, 0) is 0 Å². The first-order valence-corrected chi connectivity index (χ1v) is 6.80. The third-order valence-electron chi connectivity index (χ3n) is 3.66. The Morgan fingerprint density at radius 3 is 2.24 bits per heavy atom. The van der Waals surface area contributed by atoms with E-state index in [9.17, 15) is 4.79 Å². The highest BCUT2D eigenvalue weighted by molar-refractivity contribution is 6.04. The van der Waals surface area contributed by atoms with E-state index in [4.69, 9.17) is 0 Å². The van der Waals surface area contributed by atoms with E-state index in [0.29, 0.717) is 11.0 Å². The van der Waals surface area contributed by atoms with Gasteiger partial charge >= 0.3 is 0 Å². The summed E-state index contributed by atoms with van der Waals surface area (Å²) in [4.78, 5) is 19.6. The summed E-state index contributed by atoms with van der Waals surface area (Å²) in [6.45, 7) is 0. The molecule has 3 nitrogen and oxygen atoms in total. The number of aromatic nitrogens is 2. The number of rotatable bonds is 1. The Bertz CT molecular complexity index is 1000. The molecule has 0 fully saturated rings. The highest BCUT2D eigenvalue weighted by Gasteiger charge is 2.07. The molecule has 0 bridgehead atoms. The summed E-state index contributed by atoms with van der Waals surface area (Å²) < 4.78 is 0. The van der Waals surface area contributed by atoms with Gasteiger partial charge in [-0.1, -0.05) is 48.5 Å². The van der Waals surface area contributed by atoms with Gasteiger partial charge in [0, 0.05) is 16.3 Å². The summed E-state index contributed by atoms with van der Waals surface area (Å²) in [6.07, 6.45) is 0. The molecule has 4 rings (SSSR count). The minimum absolute atomic E-state index is 0.101. The zero-order valence-electron chi connectivity index (χ0n) is 11.2. The zero-order chi connectivity index (χ0) is 14.2. The van der Waals surface area contributed by atoms with Gasteiger partial charge in [-0.25, -0.2) is 4.98 Å². The molecule has 2 aromatic heterocycles. The van der Waals surface area contributed by atoms with Crippen molar-refractivity contribution in [3.63, 3.8) is 0 Å². The van der Waals surface area contributed by atoms with Crippen molar-refractivity contribution in [3.8, 4) is 11.3 Å². The van der Waals surface area contributed by atoms with Crippen molar-refractivity contribution in [2.24, 2.45) is 0 Å². The first-order valence-electron chi connectivity index (χ1n) is 6.80. The molecule has 0 spiro atoms. The van der Waals surface area contributed by atoms with Crippen LogP contribution >= 0.6 is 0 Å². The van der Waals surface area contributed by atoms with Crippen molar-refractivity contribution < 1.29 is 0 Å². The molecule has 100 valence electrons. The number of aromatic amines is 1. The average molecular weight is 272 g/mol. The van der Waals surface area contributed by atoms with E-state index in [-0.39, 0.29) is 5.56 Å². The van der Waals surface area contributed by atoms with Gasteiger partial charge in [0.1, 0.15) is 5.65 Å². The molecule has 0 amide bonds. The van der Waals surface area contributed by atoms with Crippen molar-refractivity contribution >= 4 is 21.8 Å². The smallest absolute Gasteiger partial charge is 0.257 e. The second-order valence-corrected chi connectivity index (χ2v) is 4.96. The van der Waals surface area contributed by atoms with Crippen LogP contribution in [-0.4, -0.2) is 9.97 Å². The van der Waals surface area contributed by atoms with Crippen LogP contribution in [0.2, 0.25) is 0 Å². The Morgan fingerprint density at radius 2 is 1.43 bits per heavy atom. The predicted molar refractivity (Wildman–Crippen MR) is 85.3 cm³/mol. The number of H-pyrrole nitrogens is 1. The van der Waals surface area contributed by atoms with E-state index in [1.165, 1.54) is 0 Å². The Morgan fingerprint density at radius 1 is 0.714 bits per heavy atom. The predicted octanol–water partition coefficient (Wildman–Crippen LogP) is 3.74. The van der Waals surface area contributed by atoms with E-state index in [1.807, 2.05) is 66.7 Å². The fourth-order valence-corrected chi connectivity index (χ4v) is 2.63. The van der Waals surface area contributed by atoms with Gasteiger partial charge in [-0.3, -0.25) is 4.79 Å². The van der Waals surface area contributed by atoms with Crippen LogP contribution in [0, 0.1) is 0 Å². The van der Waals surface area contributed by atoms with Crippen molar-refractivity contribution in [1.82, 2.24) is 9.97 Å². The van der Waals surface area contributed by atoms with Crippen LogP contribution in [0.5, 0.6) is 0 Å². The summed E-state index contributed by atoms with van der Waals surface area (Å²) in [7, 11) is 0. The summed E-state index contributed by atoms with van der Waals surface area (Å²) in [5.41, 5.74) is 2.42. The molecule has 4 aromatic rings. The second-order valence-electron chi connectivity index (χ2n) is 4.96. The summed E-state index contributed by atoms with van der Waals surface area (Å²) >= 11 is 0. The molecule has 0 saturated carbocycles. The minimum Gasteiger partial charge on any atom is -0.306 e. The Balaban J connectivity index is 2.06. The maximum absolute atomic E-state index is 12.1. The highest BCUT2D eigenvalue weighted by atomic mass is 16.1. The molecule has 2 heterocycles. The monoisotopic (exact) mass is 272 g/mol. The van der Waals surface area contributed by atoms with Crippen LogP contribution in [0.25, 0.3) is 33.1 Å². The van der Waals surface area contributed by atoms with Gasteiger partial charge in [0.2, 0.25) is 0 Å². The average Bonchev–Trinajstić information content (AvgIpc) is 2.55. The van der Waals surface area contributed by atoms with E-state index in [1.54, 1.807) is 0 Å². The summed E-state index contributed by atoms with van der Waals surface area (Å²) in [5, 5.41) is 2.59. The number of hydrogen-bond donors (Lipinski definition) is 1. The van der Waals surface area contributed by atoms with Crippen LogP contribution in [0.3, 0.4) is 0 Å². The van der Waals surface area contributed by atoms with E-state index in [2.05, 4.69) is 9.97 Å². The van der Waals surface area contributed by atoms with E-state index < -0.39 is 0 Å². The fourth-order valence-electron chi connectivity index (χ4n) is 2.63. The quantitative estimate of drug-likeness (QED) is 0.536. The number of fused-ring (bicyclic) bond motifs is 3. The third-order valence-corrected chi connectivity index (χ3v) is 3.66. The molecule has 0 saturated heterocycles. The lowest BCUT2D eigenvalue weighted by Crippen LogP contribution is -2.07. The molecule has 2 aromatic carbocycles. The molecular formula is C18H12N2O. The number of pyridine rings is 2. The van der Waals surface area contributed by atoms with Gasteiger partial charge in [0.25, 0.3) is 5.56 Å². The minimum atomic E-state index is -0.101. The molecule has 3 heteroatoms. The molecule has 0 radical (unpaired) electrons. The lowest BCUT2D eigenvalue weighted by atomic mass is 10.1. The Hall–Kier alpha value is -2.94. The molecule has 0 atom stereocenters. The van der Waals surface area contributed by atoms with Crippen molar-refractivity contribution in [1.29, 1.82) is 0 Å². The van der Waals surface area contributed by atoms with Crippen LogP contribution in [0.15, 0.2) is 71.5 Å². The van der Waals surface area contributed by atoms with Crippen LogP contribution in [0.1, 0.15) is 0 Å². The molecule has 21 heavy (non-hydrogen) atoms. The van der Waals surface area contributed by atoms with Crippen molar-refractivity contribution in [3.05, 3.63) is 77.1 Å². The van der Waals surface area contributed by atoms with Gasteiger partial charge in [0.15, 0.2) is 0 Å². The molecular weight excluding hydrogens is 260 g/mol. The van der Waals surface area contributed by atoms with Gasteiger partial charge in [-0.05, 0) is 23.6 Å². The standard InChI is InChI=1S/C18H12N2O/c21-18-15-9-5-4-8-13(15)14-10-11-16(19-17(14)20-18)12-6-2-1-3-7-12/h1-11H,(H,19,20,21). The van der Waals surface area contributed by atoms with Gasteiger partial charge in [-0.15, -0.1) is 0 Å². The first-order chi connectivity index (χ1) is 10.3. The Kier molecular flexibility index (Phi) is 2.57. The summed E-state index contributed by atoms with van der Waals surface area (Å²) in [6, 6.07) is 21.5. The fraction of sp³-hybridized carbons (Fsp3) is 0. The second kappa shape index (κ2) is 4.56. The highest BCUT2D eigenvalue weighted by Crippen LogP contribution is 2.23. The molecule has 0 aliphatic carbocycles. The number of nitrogens with one attached hydrogen (secondary N) is 1. The first kappa shape index (κ1) is 11.9. The third kappa shape index (κ3) is 1.91. The lowest BCUT2D eigenvalue weighted by molar-refractivity contribution is 1.26. The number of nitrogens with zero attached hydrogens (tertiary/aromatic N) is 1. The van der Waals surface area contributed by atoms with Gasteiger partial charge in [-0.2, -0.15) is 0 Å². The normalized spacial score (nSPS) is 11.0. The maximum atomic E-state index is 12.1. The van der Waals surface area contributed by atoms with E-state index in [0.717, 1.165) is 22.0 Å². The molecule has 0 unspecified atom stereocenters. The molecule has 1 N–H and O–H groups in total. The topological polar surface area (TPSA) is 45.8 Å². The SMILES string of the molecule is O=c1[nH]c2nc(-c3ccccc3)ccc2c2ccccc12. The largest absolute Gasteiger partial charge is 0.306 e. The zero-order valence-corrected chi connectivity index (χ0v) is 11.2. The molecule has 0 aliphatic rings. The van der Waals surface area contributed by atoms with Gasteiger partial charge < -0.3 is 4.98 Å². The summed E-state index contributed by atoms with van der Waals surface area (Å²) in [5.74, 6) is 0. The molecule has 0 aliphatic heterocycles. The van der Waals surface area contributed by atoms with Crippen molar-refractivity contribution in [2.45, 2.75) is 0 Å². The number of benzene rings is 2. The number of hydrogen-bond acceptors (Lipinski definition) is 2. The van der Waals surface area contributed by atoms with Crippen LogP contribution in [0.4, 0.5) is 0 Å². The maximum Gasteiger partial charge on any atom is 0.257 e. The van der Waals surface area contributed by atoms with Crippen molar-refractivity contribution in [2.75, 3.05) is 0 Å².